The Morgan fingerprint density at radius 1 is 1.14 bits per heavy atom. The molecule has 0 aliphatic carbocycles. The van der Waals surface area contributed by atoms with Gasteiger partial charge in [-0.3, -0.25) is 0 Å². The first kappa shape index (κ1) is 24.6. The van der Waals surface area contributed by atoms with Crippen LogP contribution in [0.1, 0.15) is 13.8 Å². The molecule has 0 aromatic carbocycles. The van der Waals surface area contributed by atoms with Crippen LogP contribution in [0.15, 0.2) is 0 Å². The molecule has 0 saturated heterocycles. The number of carbonyl (C=O) groups is 1. The Labute approximate surface area is 75.6 Å². The van der Waals surface area contributed by atoms with E-state index in [9.17, 15) is 4.79 Å². The molecule has 0 saturated carbocycles. The van der Waals surface area contributed by atoms with Gasteiger partial charge >= 0.3 is 0 Å². The Hall–Kier alpha value is 0.941. The molecule has 0 heterocycles. The molecule has 0 unspecified atom stereocenters. The minimum atomic E-state index is 0. The number of ketones is 1. The minimum Gasteiger partial charge on any atom is -0.412 e. The molecule has 0 atom stereocenters. The average molecular weight is 238 g/mol. The van der Waals surface area contributed by atoms with Crippen LogP contribution in [0.3, 0.4) is 0 Å². The standard InChI is InChI=1S/C3H6O.Nd.2H2O/c1-3(2)4;;;/h1-2H3;;2*1H2. The summed E-state index contributed by atoms with van der Waals surface area (Å²) in [4.78, 5) is 9.44. The van der Waals surface area contributed by atoms with E-state index in [1.165, 1.54) is 13.8 Å². The van der Waals surface area contributed by atoms with Crippen molar-refractivity contribution in [2.75, 3.05) is 0 Å². The summed E-state index contributed by atoms with van der Waals surface area (Å²) in [6.45, 7) is 3.06. The van der Waals surface area contributed by atoms with Gasteiger partial charge in [0.1, 0.15) is 5.78 Å². The van der Waals surface area contributed by atoms with E-state index in [4.69, 9.17) is 0 Å². The number of Topliss-reactive ketones (excluding diaryl/α,β-unsaturated/α-hetero) is 1. The van der Waals surface area contributed by atoms with Gasteiger partial charge in [-0.1, -0.05) is 0 Å². The summed E-state index contributed by atoms with van der Waals surface area (Å²) >= 11 is 0. The normalized spacial score (nSPS) is 3.71. The van der Waals surface area contributed by atoms with Crippen molar-refractivity contribution < 1.29 is 56.6 Å². The second kappa shape index (κ2) is 15.8. The summed E-state index contributed by atoms with van der Waals surface area (Å²) in [6, 6.07) is 0. The molecule has 0 radical (unpaired) electrons. The van der Waals surface area contributed by atoms with Gasteiger partial charge in [-0.25, -0.2) is 0 Å². The van der Waals surface area contributed by atoms with Gasteiger partial charge in [-0.2, -0.15) is 0 Å². The second-order valence-electron chi connectivity index (χ2n) is 0.908. The number of hydrogen-bond acceptors (Lipinski definition) is 1. The van der Waals surface area contributed by atoms with Crippen LogP contribution in [0.4, 0.5) is 0 Å². The van der Waals surface area contributed by atoms with Crippen LogP contribution in [-0.2, 0) is 4.79 Å². The molecule has 0 aromatic heterocycles. The van der Waals surface area contributed by atoms with Crippen molar-refractivity contribution in [1.29, 1.82) is 0 Å². The van der Waals surface area contributed by atoms with Crippen molar-refractivity contribution in [2.45, 2.75) is 13.8 Å². The Balaban J connectivity index is -0.0000000150. The first-order chi connectivity index (χ1) is 1.73. The fraction of sp³-hybridized carbons (Fsp3) is 0.667. The maximum atomic E-state index is 9.44. The van der Waals surface area contributed by atoms with Gasteiger partial charge in [0.25, 0.3) is 0 Å². The quantitative estimate of drug-likeness (QED) is 0.530. The van der Waals surface area contributed by atoms with Crippen LogP contribution < -0.4 is 0 Å². The smallest absolute Gasteiger partial charge is 0.126 e. The van der Waals surface area contributed by atoms with Crippen LogP contribution in [-0.4, -0.2) is 16.7 Å². The van der Waals surface area contributed by atoms with Gasteiger partial charge in [0.05, 0.1) is 0 Å². The zero-order valence-electron chi connectivity index (χ0n) is 4.41. The first-order valence-electron chi connectivity index (χ1n) is 1.20. The van der Waals surface area contributed by atoms with Gasteiger partial charge in [-0.15, -0.1) is 0 Å². The molecule has 0 amide bonds. The van der Waals surface area contributed by atoms with E-state index in [2.05, 4.69) is 0 Å². The van der Waals surface area contributed by atoms with Gasteiger partial charge in [0.2, 0.25) is 0 Å². The fourth-order valence-corrected chi connectivity index (χ4v) is 0. The summed E-state index contributed by atoms with van der Waals surface area (Å²) in [7, 11) is 0. The van der Waals surface area contributed by atoms with Crippen molar-refractivity contribution in [2.24, 2.45) is 0 Å². The summed E-state index contributed by atoms with van der Waals surface area (Å²) in [5, 5.41) is 0. The van der Waals surface area contributed by atoms with Crippen molar-refractivity contribution in [3.05, 3.63) is 0 Å². The van der Waals surface area contributed by atoms with Crippen LogP contribution in [0.5, 0.6) is 0 Å². The van der Waals surface area contributed by atoms with Gasteiger partial charge < -0.3 is 15.7 Å². The van der Waals surface area contributed by atoms with Crippen LogP contribution in [0, 0.1) is 40.8 Å². The van der Waals surface area contributed by atoms with Gasteiger partial charge in [-0.05, 0) is 13.8 Å². The Bertz CT molecular complexity index is 33.2. The zero-order chi connectivity index (χ0) is 3.58. The van der Waals surface area contributed by atoms with Crippen molar-refractivity contribution in [3.8, 4) is 0 Å². The Morgan fingerprint density at radius 3 is 1.14 bits per heavy atom. The molecule has 0 aliphatic rings. The van der Waals surface area contributed by atoms with E-state index in [1.54, 1.807) is 0 Å². The maximum absolute atomic E-state index is 9.44. The SMILES string of the molecule is CC(C)=O.O.O.[Nd]. The van der Waals surface area contributed by atoms with Gasteiger partial charge in [0, 0.05) is 40.8 Å². The van der Waals surface area contributed by atoms with E-state index in [1.807, 2.05) is 0 Å². The molecule has 4 N–H and O–H groups in total. The van der Waals surface area contributed by atoms with E-state index in [0.717, 1.165) is 0 Å². The fourth-order valence-electron chi connectivity index (χ4n) is 0. The Morgan fingerprint density at radius 2 is 1.14 bits per heavy atom. The topological polar surface area (TPSA) is 80.1 Å². The Kier molecular flexibility index (Phi) is 55.5. The van der Waals surface area contributed by atoms with Crippen LogP contribution >= 0.6 is 0 Å². The molecule has 0 aromatic rings. The zero-order valence-corrected chi connectivity index (χ0v) is 7.62. The third kappa shape index (κ3) is 191. The summed E-state index contributed by atoms with van der Waals surface area (Å²) in [5.74, 6) is 0.167. The average Bonchev–Trinajstić information content (AvgIpc) is 0.811. The van der Waals surface area contributed by atoms with Crippen LogP contribution in [0.2, 0.25) is 0 Å². The third-order valence-corrected chi connectivity index (χ3v) is 0. The predicted molar refractivity (Wildman–Crippen MR) is 23.6 cm³/mol. The minimum absolute atomic E-state index is 0. The number of carbonyl (C=O) groups excluding carboxylic acids is 1. The molecule has 3 nitrogen and oxygen atoms in total. The number of hydrogen-bond donors (Lipinski definition) is 0. The van der Waals surface area contributed by atoms with E-state index >= 15 is 0 Å². The molecule has 44 valence electrons. The molecule has 0 spiro atoms. The molecular formula is C3H10NdO3. The summed E-state index contributed by atoms with van der Waals surface area (Å²) < 4.78 is 0. The van der Waals surface area contributed by atoms with Crippen molar-refractivity contribution in [1.82, 2.24) is 0 Å². The largest absolute Gasteiger partial charge is 0.412 e. The molecule has 4 heteroatoms. The van der Waals surface area contributed by atoms with Crippen molar-refractivity contribution >= 4 is 5.78 Å². The maximum Gasteiger partial charge on any atom is 0.126 e. The van der Waals surface area contributed by atoms with Crippen molar-refractivity contribution in [3.63, 3.8) is 0 Å². The molecule has 0 rings (SSSR count). The van der Waals surface area contributed by atoms with E-state index in [-0.39, 0.29) is 57.6 Å². The predicted octanol–water partition coefficient (Wildman–Crippen LogP) is -1.05. The van der Waals surface area contributed by atoms with Gasteiger partial charge in [0.15, 0.2) is 0 Å². The summed E-state index contributed by atoms with van der Waals surface area (Å²) in [6.07, 6.45) is 0. The molecule has 0 fully saturated rings. The summed E-state index contributed by atoms with van der Waals surface area (Å²) in [5.41, 5.74) is 0. The first-order valence-corrected chi connectivity index (χ1v) is 1.20. The van der Waals surface area contributed by atoms with Crippen LogP contribution in [0.25, 0.3) is 0 Å². The molecule has 0 aliphatic heterocycles. The molecule has 0 bridgehead atoms. The number of rotatable bonds is 0. The molecule has 7 heavy (non-hydrogen) atoms. The van der Waals surface area contributed by atoms with E-state index < -0.39 is 0 Å². The molecular weight excluding hydrogens is 228 g/mol. The second-order valence-corrected chi connectivity index (χ2v) is 0.908. The van der Waals surface area contributed by atoms with E-state index in [0.29, 0.717) is 0 Å². The third-order valence-electron chi connectivity index (χ3n) is 0. The monoisotopic (exact) mass is 236 g/mol.